The zero-order valence-electron chi connectivity index (χ0n) is 15.4. The molecule has 1 amide bonds. The van der Waals surface area contributed by atoms with Crippen molar-refractivity contribution in [2.24, 2.45) is 5.10 Å². The number of terminal acetylenes is 1. The molecule has 0 atom stereocenters. The molecule has 0 bridgehead atoms. The van der Waals surface area contributed by atoms with Crippen molar-refractivity contribution in [1.82, 2.24) is 5.43 Å². The van der Waals surface area contributed by atoms with Crippen molar-refractivity contribution in [2.45, 2.75) is 6.92 Å². The number of carbonyl (C=O) groups excluding carboxylic acids is 1. The molecule has 0 saturated carbocycles. The number of fused-ring (bicyclic) bond motifs is 1. The summed E-state index contributed by atoms with van der Waals surface area (Å²) in [4.78, 5) is 12.3. The number of ether oxygens (including phenoxy) is 2. The molecule has 2 aromatic carbocycles. The first-order valence-electron chi connectivity index (χ1n) is 8.57. The molecule has 3 rings (SSSR count). The molecule has 29 heavy (non-hydrogen) atoms. The molecule has 0 fully saturated rings. The lowest BCUT2D eigenvalue weighted by Crippen LogP contribution is -2.16. The monoisotopic (exact) mass is 566 g/mol. The van der Waals surface area contributed by atoms with Crippen molar-refractivity contribution in [1.29, 1.82) is 0 Å². The predicted molar refractivity (Wildman–Crippen MR) is 124 cm³/mol. The topological polar surface area (TPSA) is 73.1 Å². The molecule has 1 heterocycles. The molecular formula is C21H16BrIN2O4. The van der Waals surface area contributed by atoms with Crippen LogP contribution in [0.3, 0.4) is 0 Å². The third-order valence-corrected chi connectivity index (χ3v) is 5.01. The predicted octanol–water partition coefficient (Wildman–Crippen LogP) is 4.97. The maximum Gasteiger partial charge on any atom is 0.307 e. The van der Waals surface area contributed by atoms with Gasteiger partial charge in [-0.15, -0.1) is 6.42 Å². The van der Waals surface area contributed by atoms with E-state index in [0.717, 1.165) is 19.0 Å². The third kappa shape index (κ3) is 5.31. The zero-order chi connectivity index (χ0) is 20.8. The summed E-state index contributed by atoms with van der Waals surface area (Å²) >= 11 is 5.53. The summed E-state index contributed by atoms with van der Waals surface area (Å²) in [7, 11) is 0. The van der Waals surface area contributed by atoms with E-state index >= 15 is 0 Å². The van der Waals surface area contributed by atoms with E-state index in [1.807, 2.05) is 25.1 Å². The van der Waals surface area contributed by atoms with Crippen molar-refractivity contribution in [2.75, 3.05) is 13.2 Å². The molecule has 0 aliphatic heterocycles. The van der Waals surface area contributed by atoms with Crippen LogP contribution in [-0.4, -0.2) is 25.3 Å². The summed E-state index contributed by atoms with van der Waals surface area (Å²) in [5, 5.41) is 4.84. The number of furan rings is 1. The Hall–Kier alpha value is -2.51. The highest BCUT2D eigenvalue weighted by molar-refractivity contribution is 14.1. The minimum atomic E-state index is -0.442. The number of nitrogens with zero attached hydrogens (tertiary/aromatic N) is 1. The maximum atomic E-state index is 12.3. The van der Waals surface area contributed by atoms with Gasteiger partial charge in [-0.05, 0) is 71.5 Å². The molecule has 1 N–H and O–H groups in total. The number of hydrogen-bond donors (Lipinski definition) is 1. The molecular weight excluding hydrogens is 551 g/mol. The Kier molecular flexibility index (Phi) is 7.17. The zero-order valence-corrected chi connectivity index (χ0v) is 19.1. The number of nitrogens with one attached hydrogen (secondary N) is 1. The normalized spacial score (nSPS) is 10.8. The fourth-order valence-electron chi connectivity index (χ4n) is 2.53. The van der Waals surface area contributed by atoms with E-state index in [4.69, 9.17) is 20.3 Å². The first-order chi connectivity index (χ1) is 14.0. The number of amides is 1. The van der Waals surface area contributed by atoms with E-state index in [0.29, 0.717) is 23.7 Å². The van der Waals surface area contributed by atoms with Gasteiger partial charge in [-0.3, -0.25) is 4.79 Å². The fourth-order valence-corrected chi connectivity index (χ4v) is 3.69. The van der Waals surface area contributed by atoms with Gasteiger partial charge in [0.05, 0.1) is 16.4 Å². The molecule has 0 aliphatic rings. The largest absolute Gasteiger partial charge is 0.490 e. The van der Waals surface area contributed by atoms with Crippen LogP contribution >= 0.6 is 38.5 Å². The van der Waals surface area contributed by atoms with Crippen molar-refractivity contribution in [3.05, 3.63) is 55.8 Å². The van der Waals surface area contributed by atoms with Crippen LogP contribution in [0.5, 0.6) is 11.5 Å². The Morgan fingerprint density at radius 2 is 2.17 bits per heavy atom. The van der Waals surface area contributed by atoms with Crippen molar-refractivity contribution < 1.29 is 18.7 Å². The first kappa shape index (κ1) is 21.2. The van der Waals surface area contributed by atoms with Crippen LogP contribution in [-0.2, 0) is 0 Å². The second-order valence-electron chi connectivity index (χ2n) is 5.75. The number of hydrogen-bond acceptors (Lipinski definition) is 5. The third-order valence-electron chi connectivity index (χ3n) is 3.71. The van der Waals surface area contributed by atoms with Gasteiger partial charge in [-0.2, -0.15) is 5.10 Å². The summed E-state index contributed by atoms with van der Waals surface area (Å²) < 4.78 is 18.5. The van der Waals surface area contributed by atoms with E-state index in [-0.39, 0.29) is 12.4 Å². The summed E-state index contributed by atoms with van der Waals surface area (Å²) in [6.45, 7) is 2.50. The average molecular weight is 567 g/mol. The van der Waals surface area contributed by atoms with E-state index < -0.39 is 5.91 Å². The highest BCUT2D eigenvalue weighted by atomic mass is 127. The molecule has 3 aromatic rings. The molecule has 0 radical (unpaired) electrons. The lowest BCUT2D eigenvalue weighted by Gasteiger charge is -2.13. The highest BCUT2D eigenvalue weighted by Crippen LogP contribution is 2.33. The fraction of sp³-hybridized carbons (Fsp3) is 0.143. The van der Waals surface area contributed by atoms with Crippen LogP contribution < -0.4 is 14.9 Å². The summed E-state index contributed by atoms with van der Waals surface area (Å²) in [6, 6.07) is 10.8. The van der Waals surface area contributed by atoms with Crippen LogP contribution in [0.2, 0.25) is 0 Å². The maximum absolute atomic E-state index is 12.3. The van der Waals surface area contributed by atoms with Gasteiger partial charge in [0.2, 0.25) is 0 Å². The number of halogens is 2. The molecule has 0 saturated heterocycles. The first-order valence-corrected chi connectivity index (χ1v) is 10.4. The quantitative estimate of drug-likeness (QED) is 0.190. The van der Waals surface area contributed by atoms with Crippen LogP contribution in [0.1, 0.15) is 23.0 Å². The standard InChI is InChI=1S/C21H16BrIN2O4/c1-3-7-28-20-16(23)8-13(9-18(20)27-4-2)12-24-25-21(26)19-11-14-10-15(22)5-6-17(14)29-19/h1,5-6,8-12H,4,7H2,2H3,(H,25,26)/b24-12+. The Bertz CT molecular complexity index is 1120. The van der Waals surface area contributed by atoms with Crippen LogP contribution in [0.4, 0.5) is 0 Å². The van der Waals surface area contributed by atoms with Gasteiger partial charge in [0, 0.05) is 9.86 Å². The lowest BCUT2D eigenvalue weighted by molar-refractivity contribution is 0.0929. The van der Waals surface area contributed by atoms with Gasteiger partial charge >= 0.3 is 5.91 Å². The molecule has 1 aromatic heterocycles. The summed E-state index contributed by atoms with van der Waals surface area (Å²) in [6.07, 6.45) is 6.79. The number of hydrazone groups is 1. The number of carbonyl (C=O) groups is 1. The minimum absolute atomic E-state index is 0.146. The number of rotatable bonds is 7. The van der Waals surface area contributed by atoms with Crippen molar-refractivity contribution >= 4 is 61.6 Å². The average Bonchev–Trinajstić information content (AvgIpc) is 3.11. The molecule has 0 spiro atoms. The van der Waals surface area contributed by atoms with Crippen LogP contribution in [0.25, 0.3) is 11.0 Å². The van der Waals surface area contributed by atoms with Gasteiger partial charge in [0.25, 0.3) is 0 Å². The minimum Gasteiger partial charge on any atom is -0.490 e. The Morgan fingerprint density at radius 3 is 2.93 bits per heavy atom. The summed E-state index contributed by atoms with van der Waals surface area (Å²) in [5.74, 6) is 3.32. The molecule has 8 heteroatoms. The molecule has 6 nitrogen and oxygen atoms in total. The second kappa shape index (κ2) is 9.80. The second-order valence-corrected chi connectivity index (χ2v) is 7.83. The van der Waals surface area contributed by atoms with Gasteiger partial charge in [-0.1, -0.05) is 21.9 Å². The van der Waals surface area contributed by atoms with Gasteiger partial charge in [-0.25, -0.2) is 5.43 Å². The smallest absolute Gasteiger partial charge is 0.307 e. The van der Waals surface area contributed by atoms with Crippen LogP contribution in [0.15, 0.2) is 50.4 Å². The van der Waals surface area contributed by atoms with Crippen molar-refractivity contribution in [3.8, 4) is 23.8 Å². The molecule has 148 valence electrons. The lowest BCUT2D eigenvalue weighted by atomic mass is 10.2. The van der Waals surface area contributed by atoms with Gasteiger partial charge < -0.3 is 13.9 Å². The Labute approximate surface area is 189 Å². The van der Waals surface area contributed by atoms with Crippen molar-refractivity contribution in [3.63, 3.8) is 0 Å². The van der Waals surface area contributed by atoms with E-state index in [2.05, 4.69) is 55.0 Å². The Morgan fingerprint density at radius 1 is 1.34 bits per heavy atom. The SMILES string of the molecule is C#CCOc1c(I)cc(/C=N/NC(=O)c2cc3cc(Br)ccc3o2)cc1OCC. The van der Waals surface area contributed by atoms with Crippen LogP contribution in [0, 0.1) is 15.9 Å². The Balaban J connectivity index is 1.74. The number of benzene rings is 2. The van der Waals surface area contributed by atoms with E-state index in [1.54, 1.807) is 18.2 Å². The van der Waals surface area contributed by atoms with E-state index in [1.165, 1.54) is 6.21 Å². The molecule has 0 unspecified atom stereocenters. The van der Waals surface area contributed by atoms with Gasteiger partial charge in [0.1, 0.15) is 12.2 Å². The molecule has 0 aliphatic carbocycles. The van der Waals surface area contributed by atoms with E-state index in [9.17, 15) is 4.79 Å². The summed E-state index contributed by atoms with van der Waals surface area (Å²) in [5.41, 5.74) is 3.83. The van der Waals surface area contributed by atoms with Gasteiger partial charge in [0.15, 0.2) is 17.3 Å². The highest BCUT2D eigenvalue weighted by Gasteiger charge is 2.13.